The summed E-state index contributed by atoms with van der Waals surface area (Å²) in [7, 11) is 1.71. The van der Waals surface area contributed by atoms with Crippen LogP contribution in [-0.2, 0) is 32.3 Å². The van der Waals surface area contributed by atoms with Crippen molar-refractivity contribution in [3.8, 4) is 11.5 Å². The minimum Gasteiger partial charge on any atom is -0.504 e. The Balaban J connectivity index is 0.911. The lowest BCUT2D eigenvalue weighted by molar-refractivity contribution is 0.101. The summed E-state index contributed by atoms with van der Waals surface area (Å²) in [5.41, 5.74) is 17.8. The summed E-state index contributed by atoms with van der Waals surface area (Å²) in [6, 6.07) is 9.88. The van der Waals surface area contributed by atoms with Gasteiger partial charge in [0.05, 0.1) is 12.7 Å². The van der Waals surface area contributed by atoms with Crippen LogP contribution in [0, 0.1) is 35.0 Å². The Labute approximate surface area is 382 Å². The predicted molar refractivity (Wildman–Crippen MR) is 254 cm³/mol. The summed E-state index contributed by atoms with van der Waals surface area (Å²) in [4.78, 5) is 7.70. The first-order valence-corrected chi connectivity index (χ1v) is 25.1. The highest BCUT2D eigenvalue weighted by molar-refractivity contribution is 5.77. The van der Waals surface area contributed by atoms with Gasteiger partial charge in [0.2, 0.25) is 0 Å². The zero-order chi connectivity index (χ0) is 45.2. The molecule has 0 radical (unpaired) electrons. The number of aliphatic imine (C=N–C) groups is 1. The van der Waals surface area contributed by atoms with Crippen molar-refractivity contribution < 1.29 is 29.6 Å². The molecule has 0 bridgehead atoms. The molecule has 356 valence electrons. The number of aryl methyl sites for hydroxylation is 3. The van der Waals surface area contributed by atoms with Crippen LogP contribution in [0.2, 0.25) is 0 Å². The van der Waals surface area contributed by atoms with E-state index in [0.717, 1.165) is 85.9 Å². The van der Waals surface area contributed by atoms with Crippen molar-refractivity contribution in [1.29, 1.82) is 0 Å². The van der Waals surface area contributed by atoms with Gasteiger partial charge in [-0.1, -0.05) is 45.1 Å². The highest BCUT2D eigenvalue weighted by Crippen LogP contribution is 2.60. The molecule has 3 aromatic rings. The fourth-order valence-electron chi connectivity index (χ4n) is 12.6. The quantitative estimate of drug-likeness (QED) is 0.0273. The summed E-state index contributed by atoms with van der Waals surface area (Å²) in [5, 5.41) is 49.4. The van der Waals surface area contributed by atoms with E-state index in [1.54, 1.807) is 13.1 Å². The summed E-state index contributed by atoms with van der Waals surface area (Å²) >= 11 is 0. The van der Waals surface area contributed by atoms with Gasteiger partial charge in [0, 0.05) is 68.4 Å². The maximum atomic E-state index is 11.6. The van der Waals surface area contributed by atoms with Crippen LogP contribution in [0.15, 0.2) is 39.7 Å². The molecule has 4 aliphatic rings. The number of phenols is 1. The van der Waals surface area contributed by atoms with Gasteiger partial charge in [-0.2, -0.15) is 0 Å². The molecule has 3 saturated carbocycles. The Morgan fingerprint density at radius 3 is 2.59 bits per heavy atom. The van der Waals surface area contributed by atoms with Crippen molar-refractivity contribution in [2.75, 3.05) is 33.3 Å². The van der Waals surface area contributed by atoms with Crippen molar-refractivity contribution >= 4 is 5.96 Å². The van der Waals surface area contributed by atoms with Crippen LogP contribution in [0.4, 0.5) is 0 Å². The molecule has 12 nitrogen and oxygen atoms in total. The van der Waals surface area contributed by atoms with Crippen molar-refractivity contribution in [2.24, 2.45) is 51.5 Å². The Morgan fingerprint density at radius 1 is 0.984 bits per heavy atom. The van der Waals surface area contributed by atoms with Crippen molar-refractivity contribution in [1.82, 2.24) is 15.6 Å². The molecule has 1 spiro atoms. The van der Waals surface area contributed by atoms with Crippen LogP contribution in [0.5, 0.6) is 11.5 Å². The van der Waals surface area contributed by atoms with E-state index < -0.39 is 12.2 Å². The van der Waals surface area contributed by atoms with E-state index in [4.69, 9.17) is 20.6 Å². The average Bonchev–Trinajstić information content (AvgIpc) is 4.11. The number of rotatable bonds is 22. The smallest absolute Gasteiger partial charge is 0.188 e. The first-order valence-electron chi connectivity index (χ1n) is 25.1. The molecule has 7 rings (SSSR count). The Kier molecular flexibility index (Phi) is 17.2. The molecule has 64 heavy (non-hydrogen) atoms. The second-order valence-corrected chi connectivity index (χ2v) is 20.7. The lowest BCUT2D eigenvalue weighted by atomic mass is 9.66. The van der Waals surface area contributed by atoms with Gasteiger partial charge in [-0.15, -0.1) is 0 Å². The fourth-order valence-corrected chi connectivity index (χ4v) is 12.6. The summed E-state index contributed by atoms with van der Waals surface area (Å²) in [6.07, 6.45) is 20.0. The van der Waals surface area contributed by atoms with Gasteiger partial charge in [0.1, 0.15) is 24.2 Å². The monoisotopic (exact) mass is 887 g/mol. The van der Waals surface area contributed by atoms with E-state index in [1.165, 1.54) is 81.9 Å². The van der Waals surface area contributed by atoms with E-state index >= 15 is 0 Å². The average molecular weight is 887 g/mol. The van der Waals surface area contributed by atoms with Crippen LogP contribution in [-0.4, -0.2) is 76.8 Å². The van der Waals surface area contributed by atoms with Gasteiger partial charge >= 0.3 is 0 Å². The van der Waals surface area contributed by atoms with Crippen molar-refractivity contribution in [3.05, 3.63) is 69.9 Å². The van der Waals surface area contributed by atoms with Crippen LogP contribution >= 0.6 is 0 Å². The standard InChI is InChI=1S/C52H82N6O6/c1-33(28-57-51(54)55-3)13-16-36-17-18-39(53)24-37(36)9-4-5-12-49-38(31-59)25-40(64-49)19-14-35-15-20-47(61)50(23-35)63-32-48(62)45-26-42-43(30-56-29-34(2)60)41-10-8-11-44(41)52(21-6-7-22-52)27-46(42)58-45/h15,20,23,25-26,33-34,36-37,39,41,43-44,48,56,58-62H,4-14,16-19,21-22,24,27-32,53H2,1-3H3,(H3,54,55,57). The predicted octanol–water partition coefficient (Wildman–Crippen LogP) is 7.70. The summed E-state index contributed by atoms with van der Waals surface area (Å²) in [6.45, 7) is 6.31. The molecule has 2 heterocycles. The van der Waals surface area contributed by atoms with E-state index in [0.29, 0.717) is 72.1 Å². The minimum absolute atomic E-state index is 0.0102. The number of unbranched alkanes of at least 4 members (excludes halogenated alkanes) is 1. The molecule has 2 aromatic heterocycles. The number of aromatic amines is 1. The molecule has 12 heteroatoms. The number of hydrogen-bond acceptors (Lipinski definition) is 9. The number of nitrogens with two attached hydrogens (primary N) is 2. The largest absolute Gasteiger partial charge is 0.504 e. The normalized spacial score (nSPS) is 25.8. The molecule has 11 N–H and O–H groups in total. The lowest BCUT2D eigenvalue weighted by Gasteiger charge is -2.39. The van der Waals surface area contributed by atoms with E-state index in [9.17, 15) is 20.4 Å². The third-order valence-electron chi connectivity index (χ3n) is 16.0. The summed E-state index contributed by atoms with van der Waals surface area (Å²) in [5.74, 6) is 6.15. The molecule has 0 saturated heterocycles. The van der Waals surface area contributed by atoms with Gasteiger partial charge in [0.25, 0.3) is 0 Å². The minimum atomic E-state index is -0.886. The molecule has 9 unspecified atom stereocenters. The van der Waals surface area contributed by atoms with Crippen LogP contribution < -0.4 is 26.8 Å². The van der Waals surface area contributed by atoms with E-state index in [-0.39, 0.29) is 19.0 Å². The number of aliphatic hydroxyl groups excluding tert-OH is 3. The number of phenolic OH excluding ortho intramolecular Hbond substituents is 1. The molecule has 1 aromatic carbocycles. The van der Waals surface area contributed by atoms with E-state index in [2.05, 4.69) is 33.6 Å². The molecule has 4 aliphatic carbocycles. The first-order chi connectivity index (χ1) is 30.9. The number of hydrogen-bond donors (Lipinski definition) is 9. The Hall–Kier alpha value is -3.55. The van der Waals surface area contributed by atoms with Crippen molar-refractivity contribution in [3.63, 3.8) is 0 Å². The number of nitrogens with one attached hydrogen (secondary N) is 3. The fraction of sp³-hybridized carbons (Fsp3) is 0.712. The van der Waals surface area contributed by atoms with Crippen molar-refractivity contribution in [2.45, 2.75) is 167 Å². The van der Waals surface area contributed by atoms with Gasteiger partial charge in [-0.3, -0.25) is 4.99 Å². The number of aromatic nitrogens is 1. The first kappa shape index (κ1) is 48.4. The number of furan rings is 1. The Bertz CT molecular complexity index is 1940. The highest BCUT2D eigenvalue weighted by Gasteiger charge is 2.51. The number of H-pyrrole nitrogens is 1. The third-order valence-corrected chi connectivity index (χ3v) is 16.0. The second kappa shape index (κ2) is 22.8. The maximum Gasteiger partial charge on any atom is 0.188 e. The highest BCUT2D eigenvalue weighted by atomic mass is 16.5. The molecule has 3 fully saturated rings. The zero-order valence-corrected chi connectivity index (χ0v) is 39.3. The maximum absolute atomic E-state index is 11.6. The number of aliphatic hydroxyl groups is 3. The van der Waals surface area contributed by atoms with Crippen LogP contribution in [0.3, 0.4) is 0 Å². The molecule has 9 atom stereocenters. The van der Waals surface area contributed by atoms with Gasteiger partial charge in [-0.05, 0) is 154 Å². The third kappa shape index (κ3) is 12.3. The lowest BCUT2D eigenvalue weighted by Crippen LogP contribution is -2.36. The number of benzene rings is 1. The Morgan fingerprint density at radius 2 is 1.81 bits per heavy atom. The second-order valence-electron chi connectivity index (χ2n) is 20.7. The van der Waals surface area contributed by atoms with Crippen LogP contribution in [0.1, 0.15) is 162 Å². The number of guanidine groups is 1. The zero-order valence-electron chi connectivity index (χ0n) is 39.3. The summed E-state index contributed by atoms with van der Waals surface area (Å²) < 4.78 is 12.5. The molecular formula is C52H82N6O6. The topological polar surface area (TPSA) is 208 Å². The molecule has 0 amide bonds. The number of aromatic hydroxyl groups is 1. The number of nitrogens with zero attached hydrogens (tertiary/aromatic N) is 1. The van der Waals surface area contributed by atoms with Crippen LogP contribution in [0.25, 0.3) is 0 Å². The SMILES string of the molecule is CN=C(N)NCC(C)CCC1CCC(N)CC1CCCCc1oc(CCc2ccc(O)c(OCC(O)c3cc4c([nH]3)CC3(CCCC3)C3CCCC3C4CNCC(C)O)c2)cc1CO. The van der Waals surface area contributed by atoms with E-state index in [1.807, 2.05) is 25.1 Å². The molecular weight excluding hydrogens is 805 g/mol. The number of fused-ring (bicyclic) bond motifs is 3. The molecule has 0 aliphatic heterocycles. The number of ether oxygens (including phenoxy) is 1. The van der Waals surface area contributed by atoms with Gasteiger partial charge in [0.15, 0.2) is 17.5 Å². The van der Waals surface area contributed by atoms with Gasteiger partial charge < -0.3 is 56.7 Å². The van der Waals surface area contributed by atoms with Gasteiger partial charge in [-0.25, -0.2) is 0 Å².